The Kier molecular flexibility index (Phi) is 7.68. The Morgan fingerprint density at radius 3 is 2.33 bits per heavy atom. The molecule has 0 saturated heterocycles. The molecule has 4 heteroatoms. The molecule has 0 aliphatic heterocycles. The maximum Gasteiger partial charge on any atom is 0.309 e. The Balaban J connectivity index is 3.79. The van der Waals surface area contributed by atoms with Gasteiger partial charge in [0, 0.05) is 13.6 Å². The molecule has 0 aliphatic carbocycles. The number of carbonyl (C=O) groups is 2. The molecule has 15 heavy (non-hydrogen) atoms. The van der Waals surface area contributed by atoms with Crippen LogP contribution in [-0.4, -0.2) is 25.4 Å². The maximum absolute atomic E-state index is 11.1. The lowest BCUT2D eigenvalue weighted by atomic mass is 9.99. The van der Waals surface area contributed by atoms with Gasteiger partial charge in [0.15, 0.2) is 0 Å². The van der Waals surface area contributed by atoms with E-state index < -0.39 is 11.8 Å². The summed E-state index contributed by atoms with van der Waals surface area (Å²) >= 11 is 0. The fourth-order valence-corrected chi connectivity index (χ4v) is 1.37. The van der Waals surface area contributed by atoms with Crippen LogP contribution in [0.5, 0.6) is 0 Å². The van der Waals surface area contributed by atoms with E-state index in [1.165, 1.54) is 19.9 Å². The van der Waals surface area contributed by atoms with Crippen LogP contribution in [-0.2, 0) is 9.59 Å². The summed E-state index contributed by atoms with van der Waals surface area (Å²) in [5.74, 6) is -0.619. The minimum Gasteiger partial charge on any atom is -0.351 e. The summed E-state index contributed by atoms with van der Waals surface area (Å²) in [6, 6.07) is 0. The van der Waals surface area contributed by atoms with Gasteiger partial charge >= 0.3 is 11.8 Å². The van der Waals surface area contributed by atoms with E-state index in [1.54, 1.807) is 0 Å². The van der Waals surface area contributed by atoms with Crippen molar-refractivity contribution in [3.05, 3.63) is 0 Å². The second-order valence-corrected chi connectivity index (χ2v) is 3.71. The van der Waals surface area contributed by atoms with Crippen LogP contribution in [0.25, 0.3) is 0 Å². The lowest BCUT2D eigenvalue weighted by Crippen LogP contribution is -2.40. The first-order chi connectivity index (χ1) is 7.15. The summed E-state index contributed by atoms with van der Waals surface area (Å²) in [6.07, 6.45) is 4.49. The van der Waals surface area contributed by atoms with E-state index in [2.05, 4.69) is 24.5 Å². The average Bonchev–Trinajstić information content (AvgIpc) is 2.27. The zero-order valence-corrected chi connectivity index (χ0v) is 9.93. The average molecular weight is 214 g/mol. The van der Waals surface area contributed by atoms with E-state index in [4.69, 9.17) is 0 Å². The van der Waals surface area contributed by atoms with Gasteiger partial charge in [-0.15, -0.1) is 0 Å². The lowest BCUT2D eigenvalue weighted by Gasteiger charge is -2.14. The molecule has 0 rings (SSSR count). The predicted octanol–water partition coefficient (Wildman–Crippen LogP) is 1.06. The Bertz CT molecular complexity index is 205. The molecule has 2 amide bonds. The molecule has 2 N–H and O–H groups in total. The zero-order chi connectivity index (χ0) is 11.7. The molecule has 88 valence electrons. The molecular weight excluding hydrogens is 192 g/mol. The fourth-order valence-electron chi connectivity index (χ4n) is 1.37. The normalized spacial score (nSPS) is 11.9. The predicted molar refractivity (Wildman–Crippen MR) is 60.4 cm³/mol. The summed E-state index contributed by atoms with van der Waals surface area (Å²) < 4.78 is 0. The molecule has 4 nitrogen and oxygen atoms in total. The van der Waals surface area contributed by atoms with Crippen molar-refractivity contribution in [3.8, 4) is 0 Å². The third-order valence-electron chi connectivity index (χ3n) is 2.53. The maximum atomic E-state index is 11.1. The van der Waals surface area contributed by atoms with E-state index in [9.17, 15) is 9.59 Å². The van der Waals surface area contributed by atoms with Gasteiger partial charge in [-0.1, -0.05) is 33.1 Å². The molecule has 0 saturated carbocycles. The van der Waals surface area contributed by atoms with E-state index in [-0.39, 0.29) is 0 Å². The smallest absolute Gasteiger partial charge is 0.309 e. The third kappa shape index (κ3) is 6.10. The van der Waals surface area contributed by atoms with Gasteiger partial charge in [0.05, 0.1) is 0 Å². The highest BCUT2D eigenvalue weighted by atomic mass is 16.2. The second-order valence-electron chi connectivity index (χ2n) is 3.71. The lowest BCUT2D eigenvalue weighted by molar-refractivity contribution is -0.139. The van der Waals surface area contributed by atoms with Gasteiger partial charge in [0.1, 0.15) is 0 Å². The highest BCUT2D eigenvalue weighted by Crippen LogP contribution is 2.10. The summed E-state index contributed by atoms with van der Waals surface area (Å²) in [6.45, 7) is 4.85. The first-order valence-electron chi connectivity index (χ1n) is 5.65. The Morgan fingerprint density at radius 2 is 1.87 bits per heavy atom. The number of nitrogens with one attached hydrogen (secondary N) is 2. The topological polar surface area (TPSA) is 58.2 Å². The van der Waals surface area contributed by atoms with Crippen LogP contribution in [0.2, 0.25) is 0 Å². The van der Waals surface area contributed by atoms with Crippen molar-refractivity contribution in [3.63, 3.8) is 0 Å². The van der Waals surface area contributed by atoms with Crippen LogP contribution in [0.4, 0.5) is 0 Å². The van der Waals surface area contributed by atoms with Crippen molar-refractivity contribution in [2.45, 2.75) is 39.5 Å². The van der Waals surface area contributed by atoms with Crippen molar-refractivity contribution >= 4 is 11.8 Å². The number of amides is 2. The third-order valence-corrected chi connectivity index (χ3v) is 2.53. The standard InChI is InChI=1S/C11H22N2O2/c1-4-6-7-9(5-2)8-13-11(15)10(14)12-3/h9H,4-8H2,1-3H3,(H,12,14)(H,13,15)/t9-/m0/s1. The molecule has 0 aromatic rings. The number of carbonyl (C=O) groups excluding carboxylic acids is 2. The number of hydrogen-bond donors (Lipinski definition) is 2. The molecule has 0 heterocycles. The van der Waals surface area contributed by atoms with Gasteiger partial charge in [-0.05, 0) is 12.3 Å². The highest BCUT2D eigenvalue weighted by Gasteiger charge is 2.13. The zero-order valence-electron chi connectivity index (χ0n) is 9.93. The largest absolute Gasteiger partial charge is 0.351 e. The molecule has 0 aromatic heterocycles. The Hall–Kier alpha value is -1.06. The fraction of sp³-hybridized carbons (Fsp3) is 0.818. The van der Waals surface area contributed by atoms with E-state index >= 15 is 0 Å². The second kappa shape index (κ2) is 8.26. The van der Waals surface area contributed by atoms with Gasteiger partial charge in [-0.3, -0.25) is 9.59 Å². The van der Waals surface area contributed by atoms with E-state index in [0.717, 1.165) is 12.8 Å². The first kappa shape index (κ1) is 13.9. The van der Waals surface area contributed by atoms with Crippen LogP contribution >= 0.6 is 0 Å². The Labute approximate surface area is 91.8 Å². The van der Waals surface area contributed by atoms with Crippen LogP contribution in [0.15, 0.2) is 0 Å². The van der Waals surface area contributed by atoms with Crippen molar-refractivity contribution in [2.75, 3.05) is 13.6 Å². The molecule has 0 aliphatic rings. The summed E-state index contributed by atoms with van der Waals surface area (Å²) in [4.78, 5) is 22.0. The monoisotopic (exact) mass is 214 g/mol. The molecule has 0 bridgehead atoms. The number of hydrogen-bond acceptors (Lipinski definition) is 2. The van der Waals surface area contributed by atoms with Gasteiger partial charge in [0.2, 0.25) is 0 Å². The molecule has 0 fully saturated rings. The quantitative estimate of drug-likeness (QED) is 0.650. The van der Waals surface area contributed by atoms with Gasteiger partial charge in [-0.2, -0.15) is 0 Å². The van der Waals surface area contributed by atoms with Crippen LogP contribution in [0, 0.1) is 5.92 Å². The van der Waals surface area contributed by atoms with E-state index in [0.29, 0.717) is 12.5 Å². The van der Waals surface area contributed by atoms with Crippen LogP contribution in [0.3, 0.4) is 0 Å². The van der Waals surface area contributed by atoms with Crippen molar-refractivity contribution in [1.82, 2.24) is 10.6 Å². The molecular formula is C11H22N2O2. The number of likely N-dealkylation sites (N-methyl/N-ethyl adjacent to an activating group) is 1. The SMILES string of the molecule is CCCC[C@H](CC)CNC(=O)C(=O)NC. The number of rotatable bonds is 6. The van der Waals surface area contributed by atoms with E-state index in [1.807, 2.05) is 0 Å². The highest BCUT2D eigenvalue weighted by molar-refractivity contribution is 6.34. The van der Waals surface area contributed by atoms with Crippen LogP contribution < -0.4 is 10.6 Å². The van der Waals surface area contributed by atoms with Crippen molar-refractivity contribution < 1.29 is 9.59 Å². The Morgan fingerprint density at radius 1 is 1.20 bits per heavy atom. The first-order valence-corrected chi connectivity index (χ1v) is 5.65. The summed E-state index contributed by atoms with van der Waals surface area (Å²) in [7, 11) is 1.45. The van der Waals surface area contributed by atoms with Crippen LogP contribution in [0.1, 0.15) is 39.5 Å². The van der Waals surface area contributed by atoms with Crippen molar-refractivity contribution in [1.29, 1.82) is 0 Å². The van der Waals surface area contributed by atoms with Gasteiger partial charge in [-0.25, -0.2) is 0 Å². The molecule has 0 unspecified atom stereocenters. The molecule has 0 aromatic carbocycles. The van der Waals surface area contributed by atoms with Crippen molar-refractivity contribution in [2.24, 2.45) is 5.92 Å². The minimum absolute atomic E-state index is 0.485. The summed E-state index contributed by atoms with van der Waals surface area (Å²) in [5.41, 5.74) is 0. The molecule has 1 atom stereocenters. The molecule has 0 spiro atoms. The minimum atomic E-state index is -0.569. The number of unbranched alkanes of at least 4 members (excludes halogenated alkanes) is 1. The van der Waals surface area contributed by atoms with Gasteiger partial charge in [0.25, 0.3) is 0 Å². The summed E-state index contributed by atoms with van der Waals surface area (Å²) in [5, 5.41) is 4.94. The molecule has 0 radical (unpaired) electrons. The van der Waals surface area contributed by atoms with Gasteiger partial charge < -0.3 is 10.6 Å².